The van der Waals surface area contributed by atoms with Crippen molar-refractivity contribution in [2.75, 3.05) is 25.0 Å². The molecule has 2 N–H and O–H groups in total. The normalized spacial score (nSPS) is 15.1. The molecule has 1 aliphatic rings. The maximum Gasteiger partial charge on any atom is 0.410 e. The predicted molar refractivity (Wildman–Crippen MR) is 80.3 cm³/mol. The Morgan fingerprint density at radius 1 is 1.43 bits per heavy atom. The van der Waals surface area contributed by atoms with Gasteiger partial charge in [-0.05, 0) is 31.5 Å². The van der Waals surface area contributed by atoms with Gasteiger partial charge < -0.3 is 15.4 Å². The van der Waals surface area contributed by atoms with E-state index in [1.165, 1.54) is 24.0 Å². The van der Waals surface area contributed by atoms with Crippen molar-refractivity contribution in [1.29, 1.82) is 0 Å². The molecule has 124 valence electrons. The van der Waals surface area contributed by atoms with Crippen molar-refractivity contribution in [3.8, 4) is 0 Å². The standard InChI is InChI=1S/C15H18FN3O4/c1-9-3-4-12(11(16)7-9)18-14(21)10(2)17-13(20)8-19-5-6-23-15(19)22/h3-4,7,10H,5-6,8H2,1-2H3,(H,17,20)(H,18,21). The summed E-state index contributed by atoms with van der Waals surface area (Å²) in [6.07, 6.45) is -0.556. The topological polar surface area (TPSA) is 87.7 Å². The van der Waals surface area contributed by atoms with E-state index in [0.29, 0.717) is 6.54 Å². The van der Waals surface area contributed by atoms with Crippen LogP contribution >= 0.6 is 0 Å². The van der Waals surface area contributed by atoms with Gasteiger partial charge in [0, 0.05) is 0 Å². The van der Waals surface area contributed by atoms with Crippen LogP contribution in [-0.4, -0.2) is 48.5 Å². The van der Waals surface area contributed by atoms with Gasteiger partial charge in [0.15, 0.2) is 0 Å². The largest absolute Gasteiger partial charge is 0.448 e. The maximum atomic E-state index is 13.7. The molecule has 0 aliphatic carbocycles. The van der Waals surface area contributed by atoms with Crippen molar-refractivity contribution in [2.45, 2.75) is 19.9 Å². The molecule has 1 aliphatic heterocycles. The Balaban J connectivity index is 1.86. The Morgan fingerprint density at radius 3 is 2.78 bits per heavy atom. The minimum absolute atomic E-state index is 0.0461. The number of carbonyl (C=O) groups is 3. The first-order chi connectivity index (χ1) is 10.9. The number of aryl methyl sites for hydroxylation is 1. The second-order valence-electron chi connectivity index (χ2n) is 5.30. The number of cyclic esters (lactones) is 1. The third-order valence-corrected chi connectivity index (χ3v) is 3.33. The molecule has 0 saturated carbocycles. The molecule has 1 aromatic rings. The summed E-state index contributed by atoms with van der Waals surface area (Å²) in [4.78, 5) is 36.3. The van der Waals surface area contributed by atoms with Crippen LogP contribution in [0.1, 0.15) is 12.5 Å². The highest BCUT2D eigenvalue weighted by Gasteiger charge is 2.25. The zero-order valence-corrected chi connectivity index (χ0v) is 12.9. The molecule has 1 fully saturated rings. The Bertz CT molecular complexity index is 635. The summed E-state index contributed by atoms with van der Waals surface area (Å²) in [6, 6.07) is 3.55. The van der Waals surface area contributed by atoms with Crippen molar-refractivity contribution in [1.82, 2.24) is 10.2 Å². The van der Waals surface area contributed by atoms with Gasteiger partial charge in [-0.2, -0.15) is 0 Å². The van der Waals surface area contributed by atoms with Crippen LogP contribution in [0.4, 0.5) is 14.9 Å². The predicted octanol–water partition coefficient (Wildman–Crippen LogP) is 1.03. The minimum atomic E-state index is -0.873. The van der Waals surface area contributed by atoms with E-state index < -0.39 is 29.8 Å². The van der Waals surface area contributed by atoms with Crippen LogP contribution in [0.15, 0.2) is 18.2 Å². The lowest BCUT2D eigenvalue weighted by Crippen LogP contribution is -2.46. The molecular formula is C15H18FN3O4. The number of rotatable bonds is 5. The molecule has 1 saturated heterocycles. The lowest BCUT2D eigenvalue weighted by atomic mass is 10.2. The molecule has 1 aromatic carbocycles. The van der Waals surface area contributed by atoms with E-state index in [1.54, 1.807) is 13.0 Å². The van der Waals surface area contributed by atoms with Gasteiger partial charge in [0.05, 0.1) is 12.2 Å². The number of hydrogen-bond donors (Lipinski definition) is 2. The molecule has 0 bridgehead atoms. The molecular weight excluding hydrogens is 305 g/mol. The summed E-state index contributed by atoms with van der Waals surface area (Å²) >= 11 is 0. The highest BCUT2D eigenvalue weighted by Crippen LogP contribution is 2.15. The fourth-order valence-corrected chi connectivity index (χ4v) is 2.06. The average molecular weight is 323 g/mol. The zero-order chi connectivity index (χ0) is 17.0. The fraction of sp³-hybridized carbons (Fsp3) is 0.400. The maximum absolute atomic E-state index is 13.7. The lowest BCUT2D eigenvalue weighted by Gasteiger charge is -2.17. The first kappa shape index (κ1) is 16.7. The van der Waals surface area contributed by atoms with Crippen LogP contribution in [0, 0.1) is 12.7 Å². The van der Waals surface area contributed by atoms with E-state index in [9.17, 15) is 18.8 Å². The third kappa shape index (κ3) is 4.41. The Hall–Kier alpha value is -2.64. The molecule has 0 radical (unpaired) electrons. The van der Waals surface area contributed by atoms with E-state index >= 15 is 0 Å². The highest BCUT2D eigenvalue weighted by atomic mass is 19.1. The number of ether oxygens (including phenoxy) is 1. The van der Waals surface area contributed by atoms with Crippen LogP contribution in [0.5, 0.6) is 0 Å². The Labute approximate surface area is 132 Å². The van der Waals surface area contributed by atoms with Gasteiger partial charge in [0.2, 0.25) is 11.8 Å². The molecule has 8 heteroatoms. The molecule has 0 spiro atoms. The van der Waals surface area contributed by atoms with Gasteiger partial charge in [0.25, 0.3) is 0 Å². The van der Waals surface area contributed by atoms with E-state index in [-0.39, 0.29) is 18.8 Å². The molecule has 0 aromatic heterocycles. The van der Waals surface area contributed by atoms with Crippen LogP contribution in [-0.2, 0) is 14.3 Å². The van der Waals surface area contributed by atoms with Crippen molar-refractivity contribution >= 4 is 23.6 Å². The average Bonchev–Trinajstić information content (AvgIpc) is 2.87. The molecule has 1 unspecified atom stereocenters. The first-order valence-electron chi connectivity index (χ1n) is 7.15. The number of amides is 3. The highest BCUT2D eigenvalue weighted by molar-refractivity contribution is 5.97. The third-order valence-electron chi connectivity index (χ3n) is 3.33. The SMILES string of the molecule is Cc1ccc(NC(=O)C(C)NC(=O)CN2CCOC2=O)c(F)c1. The molecule has 2 rings (SSSR count). The number of nitrogens with one attached hydrogen (secondary N) is 2. The second-order valence-corrected chi connectivity index (χ2v) is 5.30. The summed E-state index contributed by atoms with van der Waals surface area (Å²) < 4.78 is 18.4. The Kier molecular flexibility index (Phi) is 5.15. The molecule has 1 heterocycles. The van der Waals surface area contributed by atoms with Crippen molar-refractivity contribution in [2.24, 2.45) is 0 Å². The van der Waals surface area contributed by atoms with Crippen molar-refractivity contribution in [3.63, 3.8) is 0 Å². The number of hydrogen-bond acceptors (Lipinski definition) is 4. The molecule has 23 heavy (non-hydrogen) atoms. The molecule has 3 amide bonds. The Morgan fingerprint density at radius 2 is 2.17 bits per heavy atom. The zero-order valence-electron chi connectivity index (χ0n) is 12.9. The van der Waals surface area contributed by atoms with Gasteiger partial charge in [-0.15, -0.1) is 0 Å². The number of benzene rings is 1. The van der Waals surface area contributed by atoms with E-state index in [1.807, 2.05) is 0 Å². The summed E-state index contributed by atoms with van der Waals surface area (Å²) in [5.41, 5.74) is 0.782. The van der Waals surface area contributed by atoms with Crippen molar-refractivity contribution < 1.29 is 23.5 Å². The van der Waals surface area contributed by atoms with E-state index in [0.717, 1.165) is 5.56 Å². The second kappa shape index (κ2) is 7.08. The monoisotopic (exact) mass is 323 g/mol. The quantitative estimate of drug-likeness (QED) is 0.847. The number of anilines is 1. The molecule has 7 nitrogen and oxygen atoms in total. The van der Waals surface area contributed by atoms with Gasteiger partial charge >= 0.3 is 6.09 Å². The summed E-state index contributed by atoms with van der Waals surface area (Å²) in [6.45, 7) is 3.61. The van der Waals surface area contributed by atoms with E-state index in [4.69, 9.17) is 4.74 Å². The van der Waals surface area contributed by atoms with Gasteiger partial charge in [0.1, 0.15) is 25.0 Å². The minimum Gasteiger partial charge on any atom is -0.448 e. The number of halogens is 1. The van der Waals surface area contributed by atoms with Gasteiger partial charge in [-0.3, -0.25) is 14.5 Å². The summed E-state index contributed by atoms with van der Waals surface area (Å²) in [5, 5.41) is 4.87. The van der Waals surface area contributed by atoms with Gasteiger partial charge in [-0.25, -0.2) is 9.18 Å². The number of carbonyl (C=O) groups excluding carboxylic acids is 3. The van der Waals surface area contributed by atoms with E-state index in [2.05, 4.69) is 10.6 Å². The summed E-state index contributed by atoms with van der Waals surface area (Å²) in [7, 11) is 0. The summed E-state index contributed by atoms with van der Waals surface area (Å²) in [5.74, 6) is -1.59. The number of nitrogens with zero attached hydrogens (tertiary/aromatic N) is 1. The van der Waals surface area contributed by atoms with Crippen LogP contribution < -0.4 is 10.6 Å². The fourth-order valence-electron chi connectivity index (χ4n) is 2.06. The first-order valence-corrected chi connectivity index (χ1v) is 7.15. The van der Waals surface area contributed by atoms with Crippen molar-refractivity contribution in [3.05, 3.63) is 29.6 Å². The van der Waals surface area contributed by atoms with Crippen LogP contribution in [0.2, 0.25) is 0 Å². The lowest BCUT2D eigenvalue weighted by molar-refractivity contribution is -0.126. The smallest absolute Gasteiger partial charge is 0.410 e. The van der Waals surface area contributed by atoms with Gasteiger partial charge in [-0.1, -0.05) is 6.07 Å². The molecule has 1 atom stereocenters. The van der Waals surface area contributed by atoms with Crippen LogP contribution in [0.25, 0.3) is 0 Å². The van der Waals surface area contributed by atoms with Crippen LogP contribution in [0.3, 0.4) is 0 Å².